The molecule has 2 aliphatic heterocycles. The molecule has 6 nitrogen and oxygen atoms in total. The number of nitrogens with zero attached hydrogens (tertiary/aromatic N) is 4. The SMILES string of the molecule is N[C@@H]1CN(c2nc3cc(F)c(F)cc3n2C2CCN(c3ccc(Cl)cc3)C2=O)CC[C@H]1F. The molecule has 2 saturated heterocycles. The number of imidazole rings is 1. The molecule has 3 aromatic rings. The first-order valence-corrected chi connectivity index (χ1v) is 10.8. The van der Waals surface area contributed by atoms with E-state index in [1.165, 1.54) is 0 Å². The number of amides is 1. The van der Waals surface area contributed by atoms with E-state index in [4.69, 9.17) is 17.3 Å². The Kier molecular flexibility index (Phi) is 5.25. The fourth-order valence-corrected chi connectivity index (χ4v) is 4.65. The van der Waals surface area contributed by atoms with Crippen LogP contribution in [0.2, 0.25) is 5.02 Å². The second-order valence-electron chi connectivity index (χ2n) is 8.22. The standard InChI is InChI=1S/C22H21ClF3N5O/c23-12-1-3-13(4-2-12)30-8-6-19(21(30)32)31-20-10-16(26)15(25)9-18(20)28-22(31)29-7-5-14(24)17(27)11-29/h1-4,9-10,14,17,19H,5-8,11,27H2/t14-,17-,19?/m1/s1. The minimum atomic E-state index is -1.13. The van der Waals surface area contributed by atoms with E-state index in [2.05, 4.69) is 4.98 Å². The molecule has 0 radical (unpaired) electrons. The number of halogens is 4. The lowest BCUT2D eigenvalue weighted by molar-refractivity contribution is -0.119. The van der Waals surface area contributed by atoms with Crippen molar-refractivity contribution in [2.24, 2.45) is 5.73 Å². The maximum absolute atomic E-state index is 14.1. The molecule has 168 valence electrons. The van der Waals surface area contributed by atoms with Gasteiger partial charge in [-0.1, -0.05) is 11.6 Å². The fraction of sp³-hybridized carbons (Fsp3) is 0.364. The van der Waals surface area contributed by atoms with Crippen molar-refractivity contribution in [3.63, 3.8) is 0 Å². The summed E-state index contributed by atoms with van der Waals surface area (Å²) in [5, 5.41) is 0.560. The van der Waals surface area contributed by atoms with Gasteiger partial charge in [0.15, 0.2) is 11.6 Å². The van der Waals surface area contributed by atoms with Crippen molar-refractivity contribution >= 4 is 40.2 Å². The third-order valence-corrected chi connectivity index (χ3v) is 6.45. The Bertz CT molecular complexity index is 1180. The predicted molar refractivity (Wildman–Crippen MR) is 117 cm³/mol. The van der Waals surface area contributed by atoms with Crippen LogP contribution in [-0.2, 0) is 4.79 Å². The van der Waals surface area contributed by atoms with Gasteiger partial charge >= 0.3 is 0 Å². The molecule has 0 spiro atoms. The average Bonchev–Trinajstić information content (AvgIpc) is 3.31. The van der Waals surface area contributed by atoms with E-state index in [-0.39, 0.29) is 24.4 Å². The van der Waals surface area contributed by atoms with Crippen molar-refractivity contribution < 1.29 is 18.0 Å². The summed E-state index contributed by atoms with van der Waals surface area (Å²) in [6.45, 7) is 0.974. The van der Waals surface area contributed by atoms with Gasteiger partial charge in [-0.05, 0) is 37.1 Å². The molecular weight excluding hydrogens is 443 g/mol. The van der Waals surface area contributed by atoms with Crippen molar-refractivity contribution in [3.8, 4) is 0 Å². The Morgan fingerprint density at radius 1 is 1.06 bits per heavy atom. The van der Waals surface area contributed by atoms with Crippen molar-refractivity contribution in [2.75, 3.05) is 29.4 Å². The third kappa shape index (κ3) is 3.49. The number of piperidine rings is 1. The first-order chi connectivity index (χ1) is 15.3. The highest BCUT2D eigenvalue weighted by molar-refractivity contribution is 6.30. The zero-order valence-corrected chi connectivity index (χ0v) is 17.8. The van der Waals surface area contributed by atoms with Crippen molar-refractivity contribution in [2.45, 2.75) is 31.1 Å². The molecule has 1 amide bonds. The van der Waals surface area contributed by atoms with E-state index in [1.807, 2.05) is 0 Å². The number of rotatable bonds is 3. The van der Waals surface area contributed by atoms with E-state index in [9.17, 15) is 18.0 Å². The van der Waals surface area contributed by atoms with Crippen LogP contribution < -0.4 is 15.5 Å². The molecule has 3 heterocycles. The van der Waals surface area contributed by atoms with Crippen molar-refractivity contribution in [1.82, 2.24) is 9.55 Å². The van der Waals surface area contributed by atoms with Crippen LogP contribution in [0.1, 0.15) is 18.9 Å². The van der Waals surface area contributed by atoms with Crippen LogP contribution in [0.15, 0.2) is 36.4 Å². The van der Waals surface area contributed by atoms with Gasteiger partial charge in [-0.3, -0.25) is 9.36 Å². The van der Waals surface area contributed by atoms with Crippen LogP contribution >= 0.6 is 11.6 Å². The fourth-order valence-electron chi connectivity index (χ4n) is 4.52. The monoisotopic (exact) mass is 463 g/mol. The number of aromatic nitrogens is 2. The second-order valence-corrected chi connectivity index (χ2v) is 8.66. The summed E-state index contributed by atoms with van der Waals surface area (Å²) in [6.07, 6.45) is -0.472. The lowest BCUT2D eigenvalue weighted by atomic mass is 10.1. The van der Waals surface area contributed by atoms with E-state index >= 15 is 0 Å². The highest BCUT2D eigenvalue weighted by atomic mass is 35.5. The third-order valence-electron chi connectivity index (χ3n) is 6.19. The van der Waals surface area contributed by atoms with Gasteiger partial charge in [0, 0.05) is 42.5 Å². The molecule has 2 aromatic carbocycles. The van der Waals surface area contributed by atoms with Crippen molar-refractivity contribution in [3.05, 3.63) is 53.1 Å². The Morgan fingerprint density at radius 3 is 2.50 bits per heavy atom. The van der Waals surface area contributed by atoms with E-state index < -0.39 is 29.9 Å². The van der Waals surface area contributed by atoms with Gasteiger partial charge in [0.25, 0.3) is 0 Å². The van der Waals surface area contributed by atoms with Crippen LogP contribution in [0, 0.1) is 11.6 Å². The summed E-state index contributed by atoms with van der Waals surface area (Å²) in [4.78, 5) is 21.3. The topological polar surface area (TPSA) is 67.4 Å². The normalized spacial score (nSPS) is 24.0. The molecule has 32 heavy (non-hydrogen) atoms. The Labute approximate surface area is 187 Å². The number of fused-ring (bicyclic) bond motifs is 1. The maximum Gasteiger partial charge on any atom is 0.250 e. The first kappa shape index (κ1) is 21.1. The van der Waals surface area contributed by atoms with Crippen LogP contribution in [0.3, 0.4) is 0 Å². The number of carbonyl (C=O) groups is 1. The predicted octanol–water partition coefficient (Wildman–Crippen LogP) is 3.82. The zero-order chi connectivity index (χ0) is 22.6. The van der Waals surface area contributed by atoms with Gasteiger partial charge in [-0.25, -0.2) is 18.2 Å². The van der Waals surface area contributed by atoms with E-state index in [0.29, 0.717) is 41.7 Å². The van der Waals surface area contributed by atoms with Crippen LogP contribution in [0.25, 0.3) is 11.0 Å². The quantitative estimate of drug-likeness (QED) is 0.641. The van der Waals surface area contributed by atoms with E-state index in [0.717, 1.165) is 12.1 Å². The lowest BCUT2D eigenvalue weighted by Gasteiger charge is -2.34. The largest absolute Gasteiger partial charge is 0.340 e. The number of alkyl halides is 1. The summed E-state index contributed by atoms with van der Waals surface area (Å²) in [7, 11) is 0. The highest BCUT2D eigenvalue weighted by Gasteiger charge is 2.38. The van der Waals surface area contributed by atoms with Gasteiger partial charge < -0.3 is 15.5 Å². The summed E-state index contributed by atoms with van der Waals surface area (Å²) in [5.41, 5.74) is 7.17. The Morgan fingerprint density at radius 2 is 1.78 bits per heavy atom. The maximum atomic E-state index is 14.1. The average molecular weight is 464 g/mol. The Hall–Kier alpha value is -2.78. The molecule has 0 bridgehead atoms. The molecule has 3 atom stereocenters. The smallest absolute Gasteiger partial charge is 0.250 e. The molecule has 1 aromatic heterocycles. The number of nitrogens with two attached hydrogens (primary N) is 1. The molecule has 10 heteroatoms. The minimum Gasteiger partial charge on any atom is -0.340 e. The zero-order valence-electron chi connectivity index (χ0n) is 17.0. The van der Waals surface area contributed by atoms with Gasteiger partial charge in [0.2, 0.25) is 11.9 Å². The number of hydrogen-bond acceptors (Lipinski definition) is 4. The van der Waals surface area contributed by atoms with Gasteiger partial charge in [0.05, 0.1) is 17.1 Å². The lowest BCUT2D eigenvalue weighted by Crippen LogP contribution is -2.50. The summed E-state index contributed by atoms with van der Waals surface area (Å²) in [6, 6.07) is 7.62. The second kappa shape index (κ2) is 7.97. The number of hydrogen-bond donors (Lipinski definition) is 1. The molecule has 0 saturated carbocycles. The number of anilines is 2. The summed E-state index contributed by atoms with van der Waals surface area (Å²) >= 11 is 5.96. The number of carbonyl (C=O) groups excluding carboxylic acids is 1. The molecular formula is C22H21ClF3N5O. The summed E-state index contributed by atoms with van der Waals surface area (Å²) in [5.74, 6) is -1.87. The van der Waals surface area contributed by atoms with E-state index in [1.54, 1.807) is 38.6 Å². The van der Waals surface area contributed by atoms with Crippen molar-refractivity contribution in [1.29, 1.82) is 0 Å². The minimum absolute atomic E-state index is 0.192. The highest BCUT2D eigenvalue weighted by Crippen LogP contribution is 2.36. The van der Waals surface area contributed by atoms with Crippen LogP contribution in [-0.4, -0.2) is 47.3 Å². The first-order valence-electron chi connectivity index (χ1n) is 10.4. The van der Waals surface area contributed by atoms with Gasteiger partial charge in [-0.2, -0.15) is 0 Å². The van der Waals surface area contributed by atoms with Gasteiger partial charge in [-0.15, -0.1) is 0 Å². The van der Waals surface area contributed by atoms with Gasteiger partial charge in [0.1, 0.15) is 12.2 Å². The molecule has 2 N–H and O–H groups in total. The van der Waals surface area contributed by atoms with Crippen LogP contribution in [0.5, 0.6) is 0 Å². The van der Waals surface area contributed by atoms with Crippen LogP contribution in [0.4, 0.5) is 24.8 Å². The Balaban J connectivity index is 1.58. The number of benzene rings is 2. The molecule has 5 rings (SSSR count). The summed E-state index contributed by atoms with van der Waals surface area (Å²) < 4.78 is 43.7. The molecule has 2 fully saturated rings. The molecule has 1 unspecified atom stereocenters. The molecule has 0 aliphatic carbocycles. The molecule has 2 aliphatic rings.